The topological polar surface area (TPSA) is 68.5 Å². The zero-order valence-electron chi connectivity index (χ0n) is 7.26. The van der Waals surface area contributed by atoms with Gasteiger partial charge in [-0.05, 0) is 0 Å². The summed E-state index contributed by atoms with van der Waals surface area (Å²) < 4.78 is 10.4. The summed E-state index contributed by atoms with van der Waals surface area (Å²) in [6.45, 7) is 0.270. The zero-order chi connectivity index (χ0) is 9.26. The molecule has 13 heavy (non-hydrogen) atoms. The summed E-state index contributed by atoms with van der Waals surface area (Å²) in [5.41, 5.74) is 4.24. The molecule has 0 fully saturated rings. The van der Waals surface area contributed by atoms with Crippen LogP contribution in [0.15, 0.2) is 12.1 Å². The van der Waals surface area contributed by atoms with Crippen LogP contribution in [0, 0.1) is 0 Å². The zero-order valence-corrected chi connectivity index (χ0v) is 7.26. The van der Waals surface area contributed by atoms with Crippen LogP contribution in [0.25, 0.3) is 0 Å². The van der Waals surface area contributed by atoms with Crippen molar-refractivity contribution >= 4 is 11.4 Å². The minimum atomic E-state index is 0.270. The second kappa shape index (κ2) is 3.02. The Morgan fingerprint density at radius 3 is 2.38 bits per heavy atom. The molecule has 1 heterocycles. The molecule has 1 aromatic rings. The molecule has 4 N–H and O–H groups in total. The number of anilines is 2. The van der Waals surface area contributed by atoms with Gasteiger partial charge in [-0.2, -0.15) is 0 Å². The van der Waals surface area contributed by atoms with Crippen LogP contribution in [0.5, 0.6) is 11.5 Å². The van der Waals surface area contributed by atoms with E-state index < -0.39 is 0 Å². The molecule has 0 saturated carbocycles. The molecule has 2 rings (SSSR count). The third-order valence-corrected chi connectivity index (χ3v) is 1.94. The minimum absolute atomic E-state index is 0.270. The summed E-state index contributed by atoms with van der Waals surface area (Å²) in [4.78, 5) is 0. The Labute approximate surface area is 75.8 Å². The van der Waals surface area contributed by atoms with Crippen molar-refractivity contribution in [2.45, 2.75) is 0 Å². The highest BCUT2D eigenvalue weighted by Crippen LogP contribution is 2.38. The summed E-state index contributed by atoms with van der Waals surface area (Å²) in [6, 6.07) is 3.64. The maximum Gasteiger partial charge on any atom is 0.231 e. The molecule has 0 spiro atoms. The van der Waals surface area contributed by atoms with Gasteiger partial charge >= 0.3 is 0 Å². The number of fused-ring (bicyclic) bond motifs is 1. The summed E-state index contributed by atoms with van der Waals surface area (Å²) in [5.74, 6) is 6.79. The fraction of sp³-hybridized carbons (Fsp3) is 0.250. The standard InChI is InChI=1S/C8H11N3O2/c1-10-5-2-7-8(13-4-12-7)3-6(5)11-9/h2-3,10-11H,4,9H2,1H3. The highest BCUT2D eigenvalue weighted by atomic mass is 16.7. The molecule has 0 unspecified atom stereocenters. The molecule has 0 aromatic heterocycles. The lowest BCUT2D eigenvalue weighted by atomic mass is 10.2. The van der Waals surface area contributed by atoms with E-state index >= 15 is 0 Å². The van der Waals surface area contributed by atoms with Crippen molar-refractivity contribution in [3.05, 3.63) is 12.1 Å². The van der Waals surface area contributed by atoms with E-state index in [0.29, 0.717) is 5.75 Å². The number of hydrogen-bond donors (Lipinski definition) is 3. The molecule has 5 heteroatoms. The lowest BCUT2D eigenvalue weighted by Crippen LogP contribution is -2.08. The molecular formula is C8H11N3O2. The first kappa shape index (κ1) is 8.00. The molecule has 70 valence electrons. The third kappa shape index (κ3) is 1.23. The van der Waals surface area contributed by atoms with Gasteiger partial charge in [0, 0.05) is 19.2 Å². The van der Waals surface area contributed by atoms with E-state index in [1.165, 1.54) is 0 Å². The first-order valence-corrected chi connectivity index (χ1v) is 3.93. The maximum absolute atomic E-state index is 5.33. The number of nitrogen functional groups attached to an aromatic ring is 1. The Balaban J connectivity index is 2.47. The van der Waals surface area contributed by atoms with E-state index in [4.69, 9.17) is 15.3 Å². The van der Waals surface area contributed by atoms with Crippen LogP contribution in [0.1, 0.15) is 0 Å². The van der Waals surface area contributed by atoms with Crippen LogP contribution in [-0.4, -0.2) is 13.8 Å². The average molecular weight is 181 g/mol. The number of hydrazine groups is 1. The average Bonchev–Trinajstić information content (AvgIpc) is 2.62. The molecule has 1 aromatic carbocycles. The number of benzene rings is 1. The van der Waals surface area contributed by atoms with Crippen molar-refractivity contribution in [2.24, 2.45) is 5.84 Å². The van der Waals surface area contributed by atoms with Crippen molar-refractivity contribution in [3.8, 4) is 11.5 Å². The van der Waals surface area contributed by atoms with Crippen molar-refractivity contribution in [1.82, 2.24) is 0 Å². The fourth-order valence-corrected chi connectivity index (χ4v) is 1.27. The Hall–Kier alpha value is -1.62. The van der Waals surface area contributed by atoms with E-state index in [9.17, 15) is 0 Å². The van der Waals surface area contributed by atoms with Gasteiger partial charge in [0.05, 0.1) is 11.4 Å². The van der Waals surface area contributed by atoms with Gasteiger partial charge in [-0.3, -0.25) is 5.84 Å². The fourth-order valence-electron chi connectivity index (χ4n) is 1.27. The molecule has 0 atom stereocenters. The summed E-state index contributed by atoms with van der Waals surface area (Å²) in [7, 11) is 1.82. The second-order valence-electron chi connectivity index (χ2n) is 2.65. The molecule has 1 aliphatic heterocycles. The van der Waals surface area contributed by atoms with E-state index in [1.54, 1.807) is 6.07 Å². The van der Waals surface area contributed by atoms with Crippen LogP contribution in [-0.2, 0) is 0 Å². The summed E-state index contributed by atoms with van der Waals surface area (Å²) in [6.07, 6.45) is 0. The first-order valence-electron chi connectivity index (χ1n) is 3.93. The van der Waals surface area contributed by atoms with Crippen molar-refractivity contribution in [3.63, 3.8) is 0 Å². The number of ether oxygens (including phenoxy) is 2. The quantitative estimate of drug-likeness (QED) is 0.464. The van der Waals surface area contributed by atoms with E-state index in [-0.39, 0.29) is 6.79 Å². The predicted octanol–water partition coefficient (Wildman–Crippen LogP) is 0.743. The Morgan fingerprint density at radius 1 is 1.23 bits per heavy atom. The molecule has 0 bridgehead atoms. The summed E-state index contributed by atoms with van der Waals surface area (Å²) >= 11 is 0. The number of hydrogen-bond acceptors (Lipinski definition) is 5. The van der Waals surface area contributed by atoms with E-state index in [0.717, 1.165) is 17.1 Å². The van der Waals surface area contributed by atoms with Crippen LogP contribution in [0.2, 0.25) is 0 Å². The molecule has 0 amide bonds. The minimum Gasteiger partial charge on any atom is -0.454 e. The van der Waals surface area contributed by atoms with Crippen LogP contribution in [0.3, 0.4) is 0 Å². The maximum atomic E-state index is 5.33. The normalized spacial score (nSPS) is 12.8. The highest BCUT2D eigenvalue weighted by Gasteiger charge is 2.15. The van der Waals surface area contributed by atoms with Crippen LogP contribution < -0.4 is 26.1 Å². The number of nitrogens with two attached hydrogens (primary N) is 1. The van der Waals surface area contributed by atoms with Crippen LogP contribution in [0.4, 0.5) is 11.4 Å². The Bertz CT molecular complexity index is 296. The lowest BCUT2D eigenvalue weighted by molar-refractivity contribution is 0.174. The van der Waals surface area contributed by atoms with Gasteiger partial charge in [-0.1, -0.05) is 0 Å². The van der Waals surface area contributed by atoms with Gasteiger partial charge in [0.15, 0.2) is 11.5 Å². The molecule has 5 nitrogen and oxygen atoms in total. The summed E-state index contributed by atoms with van der Waals surface area (Å²) in [5, 5.41) is 3.00. The van der Waals surface area contributed by atoms with Gasteiger partial charge < -0.3 is 20.2 Å². The van der Waals surface area contributed by atoms with Gasteiger partial charge in [0.2, 0.25) is 6.79 Å². The van der Waals surface area contributed by atoms with Crippen molar-refractivity contribution < 1.29 is 9.47 Å². The molecular weight excluding hydrogens is 170 g/mol. The SMILES string of the molecule is CNc1cc2c(cc1NN)OCO2. The molecule has 0 radical (unpaired) electrons. The molecule has 0 saturated heterocycles. The Kier molecular flexibility index (Phi) is 1.86. The van der Waals surface area contributed by atoms with Gasteiger partial charge in [-0.15, -0.1) is 0 Å². The predicted molar refractivity (Wildman–Crippen MR) is 49.9 cm³/mol. The largest absolute Gasteiger partial charge is 0.454 e. The Morgan fingerprint density at radius 2 is 1.85 bits per heavy atom. The smallest absolute Gasteiger partial charge is 0.231 e. The van der Waals surface area contributed by atoms with Crippen molar-refractivity contribution in [2.75, 3.05) is 24.6 Å². The monoisotopic (exact) mass is 181 g/mol. The highest BCUT2D eigenvalue weighted by molar-refractivity contribution is 5.73. The van der Waals surface area contributed by atoms with Gasteiger partial charge in [0.1, 0.15) is 0 Å². The first-order chi connectivity index (χ1) is 6.35. The number of nitrogens with one attached hydrogen (secondary N) is 2. The molecule has 1 aliphatic rings. The van der Waals surface area contributed by atoms with Crippen molar-refractivity contribution in [1.29, 1.82) is 0 Å². The van der Waals surface area contributed by atoms with Gasteiger partial charge in [0.25, 0.3) is 0 Å². The van der Waals surface area contributed by atoms with E-state index in [1.807, 2.05) is 13.1 Å². The van der Waals surface area contributed by atoms with Gasteiger partial charge in [-0.25, -0.2) is 0 Å². The van der Waals surface area contributed by atoms with E-state index in [2.05, 4.69) is 10.7 Å². The number of rotatable bonds is 2. The lowest BCUT2D eigenvalue weighted by Gasteiger charge is -2.08. The molecule has 0 aliphatic carbocycles. The second-order valence-corrected chi connectivity index (χ2v) is 2.65. The van der Waals surface area contributed by atoms with Crippen LogP contribution >= 0.6 is 0 Å². The third-order valence-electron chi connectivity index (χ3n) is 1.94.